The third-order valence-corrected chi connectivity index (χ3v) is 6.05. The molecule has 31 heavy (non-hydrogen) atoms. The summed E-state index contributed by atoms with van der Waals surface area (Å²) < 4.78 is 1.99. The average Bonchev–Trinajstić information content (AvgIpc) is 3.22. The van der Waals surface area contributed by atoms with E-state index >= 15 is 0 Å². The molecule has 1 unspecified atom stereocenters. The SMILES string of the molecule is Cc1cc(Cc2ccccc2)cc(C2CCCN(C(=O)Cn3ccnc3C(C)C)C2)n1. The molecule has 0 bridgehead atoms. The fraction of sp³-hybridized carbons (Fsp3) is 0.423. The molecule has 1 aliphatic heterocycles. The molecule has 2 aromatic heterocycles. The quantitative estimate of drug-likeness (QED) is 0.585. The number of hydrogen-bond acceptors (Lipinski definition) is 3. The van der Waals surface area contributed by atoms with E-state index in [0.717, 1.165) is 49.6 Å². The van der Waals surface area contributed by atoms with Gasteiger partial charge < -0.3 is 9.47 Å². The zero-order chi connectivity index (χ0) is 21.8. The van der Waals surface area contributed by atoms with Crippen molar-refractivity contribution in [1.82, 2.24) is 19.4 Å². The van der Waals surface area contributed by atoms with E-state index in [1.54, 1.807) is 6.20 Å². The Kier molecular flexibility index (Phi) is 6.50. The van der Waals surface area contributed by atoms with Crippen LogP contribution < -0.4 is 0 Å². The van der Waals surface area contributed by atoms with Gasteiger partial charge in [-0.15, -0.1) is 0 Å². The Morgan fingerprint density at radius 2 is 1.97 bits per heavy atom. The van der Waals surface area contributed by atoms with Crippen LogP contribution in [0.2, 0.25) is 0 Å². The largest absolute Gasteiger partial charge is 0.340 e. The second kappa shape index (κ2) is 9.46. The van der Waals surface area contributed by atoms with Crippen LogP contribution in [-0.4, -0.2) is 38.4 Å². The fourth-order valence-corrected chi connectivity index (χ4v) is 4.56. The molecule has 1 fully saturated rings. The number of carbonyl (C=O) groups is 1. The fourth-order valence-electron chi connectivity index (χ4n) is 4.56. The van der Waals surface area contributed by atoms with Crippen LogP contribution in [0.3, 0.4) is 0 Å². The number of hydrogen-bond donors (Lipinski definition) is 0. The molecule has 5 nitrogen and oxygen atoms in total. The van der Waals surface area contributed by atoms with E-state index in [1.807, 2.05) is 21.7 Å². The van der Waals surface area contributed by atoms with E-state index in [2.05, 4.69) is 62.2 Å². The first-order chi connectivity index (χ1) is 15.0. The Morgan fingerprint density at radius 1 is 1.16 bits per heavy atom. The van der Waals surface area contributed by atoms with Gasteiger partial charge in [-0.1, -0.05) is 44.2 Å². The zero-order valence-electron chi connectivity index (χ0n) is 18.8. The molecule has 0 aliphatic carbocycles. The van der Waals surface area contributed by atoms with Gasteiger partial charge in [-0.25, -0.2) is 4.98 Å². The van der Waals surface area contributed by atoms with E-state index < -0.39 is 0 Å². The molecule has 3 heterocycles. The van der Waals surface area contributed by atoms with Crippen LogP contribution in [0.15, 0.2) is 54.9 Å². The van der Waals surface area contributed by atoms with Gasteiger partial charge in [0.25, 0.3) is 0 Å². The van der Waals surface area contributed by atoms with Gasteiger partial charge >= 0.3 is 0 Å². The second-order valence-corrected chi connectivity index (χ2v) is 8.95. The van der Waals surface area contributed by atoms with Gasteiger partial charge in [-0.2, -0.15) is 0 Å². The molecular formula is C26H32N4O. The molecule has 1 amide bonds. The van der Waals surface area contributed by atoms with Gasteiger partial charge in [-0.05, 0) is 49.4 Å². The number of aryl methyl sites for hydroxylation is 1. The summed E-state index contributed by atoms with van der Waals surface area (Å²) in [6, 6.07) is 15.0. The molecule has 0 radical (unpaired) electrons. The number of piperidine rings is 1. The molecule has 5 heteroatoms. The number of carbonyl (C=O) groups excluding carboxylic acids is 1. The maximum absolute atomic E-state index is 13.0. The summed E-state index contributed by atoms with van der Waals surface area (Å²) >= 11 is 0. The number of pyridine rings is 1. The van der Waals surface area contributed by atoms with Gasteiger partial charge in [0, 0.05) is 48.7 Å². The minimum atomic E-state index is 0.168. The van der Waals surface area contributed by atoms with Gasteiger partial charge in [0.15, 0.2) is 0 Å². The van der Waals surface area contributed by atoms with E-state index in [4.69, 9.17) is 4.98 Å². The number of nitrogens with zero attached hydrogens (tertiary/aromatic N) is 4. The van der Waals surface area contributed by atoms with Gasteiger partial charge in [0.2, 0.25) is 5.91 Å². The van der Waals surface area contributed by atoms with Gasteiger partial charge in [0.05, 0.1) is 0 Å². The van der Waals surface area contributed by atoms with Crippen molar-refractivity contribution in [1.29, 1.82) is 0 Å². The Balaban J connectivity index is 1.46. The third-order valence-electron chi connectivity index (χ3n) is 6.05. The number of amides is 1. The maximum Gasteiger partial charge on any atom is 0.242 e. The normalized spacial score (nSPS) is 16.6. The number of likely N-dealkylation sites (tertiary alicyclic amines) is 1. The van der Waals surface area contributed by atoms with Crippen molar-refractivity contribution in [3.63, 3.8) is 0 Å². The van der Waals surface area contributed by atoms with E-state index in [-0.39, 0.29) is 5.91 Å². The highest BCUT2D eigenvalue weighted by atomic mass is 16.2. The van der Waals surface area contributed by atoms with E-state index in [1.165, 1.54) is 11.1 Å². The monoisotopic (exact) mass is 416 g/mol. The summed E-state index contributed by atoms with van der Waals surface area (Å²) in [6.07, 6.45) is 6.69. The Bertz CT molecular complexity index is 1020. The first kappa shape index (κ1) is 21.3. The lowest BCUT2D eigenvalue weighted by molar-refractivity contribution is -0.133. The minimum absolute atomic E-state index is 0.168. The van der Waals surface area contributed by atoms with Crippen molar-refractivity contribution < 1.29 is 4.79 Å². The smallest absolute Gasteiger partial charge is 0.242 e. The molecular weight excluding hydrogens is 384 g/mol. The Hall–Kier alpha value is -2.95. The highest BCUT2D eigenvalue weighted by molar-refractivity contribution is 5.76. The number of aromatic nitrogens is 3. The van der Waals surface area contributed by atoms with Crippen molar-refractivity contribution >= 4 is 5.91 Å². The summed E-state index contributed by atoms with van der Waals surface area (Å²) in [5.41, 5.74) is 4.76. The molecule has 0 spiro atoms. The van der Waals surface area contributed by atoms with Crippen molar-refractivity contribution in [3.05, 3.63) is 83.2 Å². The number of rotatable bonds is 6. The highest BCUT2D eigenvalue weighted by Gasteiger charge is 2.26. The molecule has 162 valence electrons. The van der Waals surface area contributed by atoms with Crippen LogP contribution in [0.4, 0.5) is 0 Å². The lowest BCUT2D eigenvalue weighted by atomic mass is 9.92. The molecule has 3 aromatic rings. The number of imidazole rings is 1. The summed E-state index contributed by atoms with van der Waals surface area (Å²) in [7, 11) is 0. The van der Waals surface area contributed by atoms with Gasteiger partial charge in [0.1, 0.15) is 12.4 Å². The number of benzene rings is 1. The van der Waals surface area contributed by atoms with Crippen LogP contribution >= 0.6 is 0 Å². The van der Waals surface area contributed by atoms with Crippen molar-refractivity contribution in [3.8, 4) is 0 Å². The van der Waals surface area contributed by atoms with Crippen LogP contribution in [-0.2, 0) is 17.8 Å². The Morgan fingerprint density at radius 3 is 2.74 bits per heavy atom. The maximum atomic E-state index is 13.0. The van der Waals surface area contributed by atoms with Crippen LogP contribution in [0.25, 0.3) is 0 Å². The van der Waals surface area contributed by atoms with Crippen molar-refractivity contribution in [2.45, 2.75) is 58.4 Å². The second-order valence-electron chi connectivity index (χ2n) is 8.95. The molecule has 1 saturated heterocycles. The minimum Gasteiger partial charge on any atom is -0.340 e. The van der Waals surface area contributed by atoms with Gasteiger partial charge in [-0.3, -0.25) is 9.78 Å². The lowest BCUT2D eigenvalue weighted by Gasteiger charge is -2.33. The highest BCUT2D eigenvalue weighted by Crippen LogP contribution is 2.27. The summed E-state index contributed by atoms with van der Waals surface area (Å²) in [4.78, 5) is 24.3. The topological polar surface area (TPSA) is 51.0 Å². The van der Waals surface area contributed by atoms with Crippen molar-refractivity contribution in [2.75, 3.05) is 13.1 Å². The lowest BCUT2D eigenvalue weighted by Crippen LogP contribution is -2.41. The molecule has 1 aliphatic rings. The van der Waals surface area contributed by atoms with Crippen LogP contribution in [0, 0.1) is 6.92 Å². The molecule has 1 aromatic carbocycles. The zero-order valence-corrected chi connectivity index (χ0v) is 18.8. The summed E-state index contributed by atoms with van der Waals surface area (Å²) in [5, 5.41) is 0. The first-order valence-corrected chi connectivity index (χ1v) is 11.3. The molecule has 4 rings (SSSR count). The standard InChI is InChI=1S/C26H32N4O/c1-19(2)26-27-11-13-30(26)18-25(31)29-12-7-10-23(17-29)24-16-22(14-20(3)28-24)15-21-8-5-4-6-9-21/h4-6,8-9,11,13-14,16,19,23H,7,10,12,15,17-18H2,1-3H3. The Labute approximate surface area is 185 Å². The molecule has 0 N–H and O–H groups in total. The van der Waals surface area contributed by atoms with E-state index in [9.17, 15) is 4.79 Å². The summed E-state index contributed by atoms with van der Waals surface area (Å²) in [5.74, 6) is 1.73. The van der Waals surface area contributed by atoms with Crippen LogP contribution in [0.1, 0.15) is 66.9 Å². The third kappa shape index (κ3) is 5.22. The predicted molar refractivity (Wildman–Crippen MR) is 123 cm³/mol. The first-order valence-electron chi connectivity index (χ1n) is 11.3. The molecule has 1 atom stereocenters. The van der Waals surface area contributed by atoms with E-state index in [0.29, 0.717) is 18.4 Å². The molecule has 0 saturated carbocycles. The average molecular weight is 417 g/mol. The van der Waals surface area contributed by atoms with Crippen LogP contribution in [0.5, 0.6) is 0 Å². The van der Waals surface area contributed by atoms with Crippen molar-refractivity contribution in [2.24, 2.45) is 0 Å². The predicted octanol–water partition coefficient (Wildman–Crippen LogP) is 4.71. The summed E-state index contributed by atoms with van der Waals surface area (Å²) in [6.45, 7) is 8.21.